The summed E-state index contributed by atoms with van der Waals surface area (Å²) < 4.78 is 29.8. The first-order valence-corrected chi connectivity index (χ1v) is 13.4. The van der Waals surface area contributed by atoms with Crippen molar-refractivity contribution in [3.05, 3.63) is 92.7 Å². The number of benzene rings is 3. The van der Waals surface area contributed by atoms with Crippen LogP contribution in [0.4, 0.5) is 0 Å². The molecule has 0 saturated carbocycles. The molecule has 0 spiro atoms. The fourth-order valence-electron chi connectivity index (χ4n) is 3.53. The van der Waals surface area contributed by atoms with E-state index in [1.54, 1.807) is 12.1 Å². The maximum atomic E-state index is 12.9. The number of nitrogens with zero attached hydrogens (tertiary/aromatic N) is 3. The number of hydrogen-bond donors (Lipinski definition) is 0. The standard InChI is InChI=1S/C24H21Cl2N3O3S2/c1-3-29-22-20(26)13-18(25)14-21(22)33-24(29)27-23(30)17-9-11-19(12-10-17)34(31,32)28(2)15-16-7-5-4-6-8-16/h4-14H,3,15H2,1-2H3. The topological polar surface area (TPSA) is 71.7 Å². The molecule has 0 aliphatic rings. The van der Waals surface area contributed by atoms with Crippen molar-refractivity contribution in [1.29, 1.82) is 0 Å². The first kappa shape index (κ1) is 24.6. The normalized spacial score (nSPS) is 12.6. The Bertz CT molecular complexity index is 1530. The highest BCUT2D eigenvalue weighted by Gasteiger charge is 2.21. The van der Waals surface area contributed by atoms with Gasteiger partial charge in [0.1, 0.15) is 0 Å². The molecule has 4 aromatic rings. The fourth-order valence-corrected chi connectivity index (χ4v) is 6.57. The highest BCUT2D eigenvalue weighted by molar-refractivity contribution is 7.89. The van der Waals surface area contributed by atoms with Crippen molar-refractivity contribution >= 4 is 60.7 Å². The molecule has 0 bridgehead atoms. The van der Waals surface area contributed by atoms with Gasteiger partial charge >= 0.3 is 0 Å². The van der Waals surface area contributed by atoms with Gasteiger partial charge in [-0.1, -0.05) is 64.9 Å². The molecule has 0 fully saturated rings. The van der Waals surface area contributed by atoms with E-state index in [1.165, 1.54) is 47.0 Å². The number of sulfonamides is 1. The zero-order chi connectivity index (χ0) is 24.5. The van der Waals surface area contributed by atoms with E-state index in [4.69, 9.17) is 23.2 Å². The lowest BCUT2D eigenvalue weighted by Gasteiger charge is -2.17. The number of fused-ring (bicyclic) bond motifs is 1. The Hall–Kier alpha value is -2.49. The molecule has 4 rings (SSSR count). The average Bonchev–Trinajstić information content (AvgIpc) is 3.16. The molecule has 0 aliphatic heterocycles. The second-order valence-electron chi connectivity index (χ2n) is 7.55. The van der Waals surface area contributed by atoms with Crippen molar-refractivity contribution in [3.63, 3.8) is 0 Å². The Morgan fingerprint density at radius 1 is 1.06 bits per heavy atom. The summed E-state index contributed by atoms with van der Waals surface area (Å²) in [5.41, 5.74) is 1.94. The molecule has 176 valence electrons. The van der Waals surface area contributed by atoms with Gasteiger partial charge in [-0.25, -0.2) is 8.42 Å². The van der Waals surface area contributed by atoms with Crippen molar-refractivity contribution in [2.24, 2.45) is 4.99 Å². The second kappa shape index (κ2) is 10.0. The number of aryl methyl sites for hydroxylation is 1. The van der Waals surface area contributed by atoms with Crippen LogP contribution in [0.2, 0.25) is 10.0 Å². The van der Waals surface area contributed by atoms with E-state index in [9.17, 15) is 13.2 Å². The molecular formula is C24H21Cl2N3O3S2. The molecule has 0 N–H and O–H groups in total. The van der Waals surface area contributed by atoms with Gasteiger partial charge in [0.15, 0.2) is 4.80 Å². The molecule has 10 heteroatoms. The predicted octanol–water partition coefficient (Wildman–Crippen LogP) is 5.59. The lowest BCUT2D eigenvalue weighted by Crippen LogP contribution is -2.26. The minimum Gasteiger partial charge on any atom is -0.315 e. The van der Waals surface area contributed by atoms with Crippen molar-refractivity contribution in [1.82, 2.24) is 8.87 Å². The third-order valence-electron chi connectivity index (χ3n) is 5.27. The number of aromatic nitrogens is 1. The van der Waals surface area contributed by atoms with E-state index >= 15 is 0 Å². The van der Waals surface area contributed by atoms with Gasteiger partial charge in [0, 0.05) is 30.7 Å². The Labute approximate surface area is 211 Å². The third-order valence-corrected chi connectivity index (χ3v) is 8.62. The van der Waals surface area contributed by atoms with Crippen LogP contribution < -0.4 is 4.80 Å². The van der Waals surface area contributed by atoms with Crippen LogP contribution in [0.5, 0.6) is 0 Å². The SMILES string of the molecule is CCn1c(=NC(=O)c2ccc(S(=O)(=O)N(C)Cc3ccccc3)cc2)sc2cc(Cl)cc(Cl)c21. The first-order valence-electron chi connectivity index (χ1n) is 10.4. The van der Waals surface area contributed by atoms with Crippen molar-refractivity contribution in [2.45, 2.75) is 24.9 Å². The van der Waals surface area contributed by atoms with Crippen LogP contribution in [0, 0.1) is 0 Å². The molecule has 34 heavy (non-hydrogen) atoms. The number of carbonyl (C=O) groups excluding carboxylic acids is 1. The summed E-state index contributed by atoms with van der Waals surface area (Å²) in [7, 11) is -2.19. The van der Waals surface area contributed by atoms with Crippen molar-refractivity contribution < 1.29 is 13.2 Å². The van der Waals surface area contributed by atoms with Crippen molar-refractivity contribution in [2.75, 3.05) is 7.05 Å². The number of carbonyl (C=O) groups is 1. The molecule has 1 amide bonds. The summed E-state index contributed by atoms with van der Waals surface area (Å²) >= 11 is 13.8. The summed E-state index contributed by atoms with van der Waals surface area (Å²) in [6.45, 7) is 2.75. The van der Waals surface area contributed by atoms with Crippen LogP contribution in [0.25, 0.3) is 10.2 Å². The van der Waals surface area contributed by atoms with E-state index in [1.807, 2.05) is 41.8 Å². The lowest BCUT2D eigenvalue weighted by molar-refractivity contribution is 0.0997. The maximum absolute atomic E-state index is 12.9. The second-order valence-corrected chi connectivity index (χ2v) is 11.4. The highest BCUT2D eigenvalue weighted by Crippen LogP contribution is 2.29. The van der Waals surface area contributed by atoms with Crippen LogP contribution in [-0.2, 0) is 23.1 Å². The maximum Gasteiger partial charge on any atom is 0.279 e. The molecule has 0 saturated heterocycles. The Morgan fingerprint density at radius 3 is 2.38 bits per heavy atom. The summed E-state index contributed by atoms with van der Waals surface area (Å²) in [5, 5.41) is 0.998. The molecule has 0 aliphatic carbocycles. The van der Waals surface area contributed by atoms with Gasteiger partial charge in [0.2, 0.25) is 10.0 Å². The zero-order valence-corrected chi connectivity index (χ0v) is 21.5. The number of thiazole rings is 1. The zero-order valence-electron chi connectivity index (χ0n) is 18.4. The van der Waals surface area contributed by atoms with Crippen LogP contribution in [0.3, 0.4) is 0 Å². The summed E-state index contributed by atoms with van der Waals surface area (Å²) in [6.07, 6.45) is 0. The highest BCUT2D eigenvalue weighted by atomic mass is 35.5. The molecule has 3 aromatic carbocycles. The summed E-state index contributed by atoms with van der Waals surface area (Å²) in [5.74, 6) is -0.474. The van der Waals surface area contributed by atoms with Gasteiger partial charge in [0.05, 0.1) is 20.1 Å². The van der Waals surface area contributed by atoms with Gasteiger partial charge in [-0.2, -0.15) is 9.30 Å². The number of amides is 1. The third kappa shape index (κ3) is 4.96. The quantitative estimate of drug-likeness (QED) is 0.324. The van der Waals surface area contributed by atoms with Gasteiger partial charge in [-0.3, -0.25) is 4.79 Å². The van der Waals surface area contributed by atoms with Crippen LogP contribution in [-0.4, -0.2) is 30.2 Å². The number of hydrogen-bond acceptors (Lipinski definition) is 4. The first-order chi connectivity index (χ1) is 16.2. The minimum atomic E-state index is -3.71. The van der Waals surface area contributed by atoms with Crippen LogP contribution in [0.15, 0.2) is 76.6 Å². The molecule has 1 heterocycles. The van der Waals surface area contributed by atoms with Gasteiger partial charge in [-0.15, -0.1) is 0 Å². The van der Waals surface area contributed by atoms with Crippen molar-refractivity contribution in [3.8, 4) is 0 Å². The summed E-state index contributed by atoms with van der Waals surface area (Å²) in [4.78, 5) is 17.7. The van der Waals surface area contributed by atoms with Gasteiger partial charge in [0.25, 0.3) is 5.91 Å². The van der Waals surface area contributed by atoms with Crippen LogP contribution in [0.1, 0.15) is 22.8 Å². The molecule has 1 aromatic heterocycles. The Balaban J connectivity index is 1.62. The predicted molar refractivity (Wildman–Crippen MR) is 137 cm³/mol. The Morgan fingerprint density at radius 2 is 1.74 bits per heavy atom. The number of rotatable bonds is 6. The molecular weight excluding hydrogens is 513 g/mol. The van der Waals surface area contributed by atoms with Crippen LogP contribution >= 0.6 is 34.5 Å². The molecule has 6 nitrogen and oxygen atoms in total. The fraction of sp³-hybridized carbons (Fsp3) is 0.167. The minimum absolute atomic E-state index is 0.106. The van der Waals surface area contributed by atoms with E-state index in [-0.39, 0.29) is 17.0 Å². The van der Waals surface area contributed by atoms with E-state index < -0.39 is 15.9 Å². The molecule has 0 unspecified atom stereocenters. The number of halogens is 2. The molecule has 0 radical (unpaired) electrons. The Kier molecular flexibility index (Phi) is 7.25. The monoisotopic (exact) mass is 533 g/mol. The smallest absolute Gasteiger partial charge is 0.279 e. The van der Waals surface area contributed by atoms with E-state index in [2.05, 4.69) is 4.99 Å². The largest absolute Gasteiger partial charge is 0.315 e. The summed E-state index contributed by atoms with van der Waals surface area (Å²) in [6, 6.07) is 18.6. The van der Waals surface area contributed by atoms with Gasteiger partial charge < -0.3 is 4.57 Å². The molecule has 0 atom stereocenters. The lowest BCUT2D eigenvalue weighted by atomic mass is 10.2. The van der Waals surface area contributed by atoms with E-state index in [0.717, 1.165) is 15.8 Å². The van der Waals surface area contributed by atoms with Gasteiger partial charge in [-0.05, 0) is 48.9 Å². The van der Waals surface area contributed by atoms with E-state index in [0.29, 0.717) is 21.4 Å². The average molecular weight is 534 g/mol.